The number of hydrogen-bond donors (Lipinski definition) is 1. The van der Waals surface area contributed by atoms with Gasteiger partial charge in [0, 0.05) is 0 Å². The first-order valence-electron chi connectivity index (χ1n) is 10.4. The molecule has 0 bridgehead atoms. The first-order chi connectivity index (χ1) is 16.0. The molecule has 176 valence electrons. The Morgan fingerprint density at radius 3 is 1.55 bits per heavy atom. The highest BCUT2D eigenvalue weighted by molar-refractivity contribution is 5.71. The Hall–Kier alpha value is -3.58. The topological polar surface area (TPSA) is 75.6 Å². The van der Waals surface area contributed by atoms with Crippen molar-refractivity contribution < 1.29 is 33.5 Å². The lowest BCUT2D eigenvalue weighted by Crippen LogP contribution is -2.22. The van der Waals surface area contributed by atoms with Crippen LogP contribution in [0.15, 0.2) is 54.6 Å². The van der Waals surface area contributed by atoms with E-state index in [4.69, 9.17) is 28.4 Å². The lowest BCUT2D eigenvalue weighted by atomic mass is 10.0. The van der Waals surface area contributed by atoms with Gasteiger partial charge in [0.1, 0.15) is 12.2 Å². The molecule has 0 amide bonds. The molecular formula is C26H30O7. The summed E-state index contributed by atoms with van der Waals surface area (Å²) >= 11 is 0. The van der Waals surface area contributed by atoms with E-state index in [0.717, 1.165) is 11.1 Å². The van der Waals surface area contributed by atoms with Gasteiger partial charge in [-0.3, -0.25) is 0 Å². The molecule has 0 heterocycles. The number of benzene rings is 3. The maximum absolute atomic E-state index is 11.1. The van der Waals surface area contributed by atoms with Crippen molar-refractivity contribution in [3.8, 4) is 45.6 Å². The Labute approximate surface area is 194 Å². The predicted octanol–water partition coefficient (Wildman–Crippen LogP) is 4.90. The second-order valence-corrected chi connectivity index (χ2v) is 7.30. The Morgan fingerprint density at radius 1 is 0.606 bits per heavy atom. The summed E-state index contributed by atoms with van der Waals surface area (Å²) in [4.78, 5) is 0. The standard InChI is InChI=1S/C26H30O7/c1-16(24(27)19-14-20(28-2)25(32-6)21(15-19)29-3)33-26-22(30-4)12-18(13-23(26)31-5)17-10-8-7-9-11-17/h7-16,24,27H,1-6H3/t16-,24-/m1/s1. The summed E-state index contributed by atoms with van der Waals surface area (Å²) in [5.74, 6) is 2.73. The summed E-state index contributed by atoms with van der Waals surface area (Å²) in [5, 5.41) is 11.1. The van der Waals surface area contributed by atoms with Crippen LogP contribution in [0.3, 0.4) is 0 Å². The van der Waals surface area contributed by atoms with Crippen molar-refractivity contribution >= 4 is 0 Å². The smallest absolute Gasteiger partial charge is 0.203 e. The Bertz CT molecular complexity index is 1020. The molecule has 0 aliphatic rings. The minimum atomic E-state index is -0.998. The van der Waals surface area contributed by atoms with Crippen LogP contribution in [-0.2, 0) is 0 Å². The van der Waals surface area contributed by atoms with E-state index in [0.29, 0.717) is 40.1 Å². The van der Waals surface area contributed by atoms with Gasteiger partial charge in [-0.1, -0.05) is 30.3 Å². The highest BCUT2D eigenvalue weighted by Gasteiger charge is 2.25. The Morgan fingerprint density at radius 2 is 1.09 bits per heavy atom. The molecule has 2 atom stereocenters. The van der Waals surface area contributed by atoms with Crippen molar-refractivity contribution in [2.45, 2.75) is 19.1 Å². The van der Waals surface area contributed by atoms with Crippen LogP contribution in [0.4, 0.5) is 0 Å². The number of rotatable bonds is 10. The summed E-state index contributed by atoms with van der Waals surface area (Å²) in [5.41, 5.74) is 2.50. The summed E-state index contributed by atoms with van der Waals surface area (Å²) in [6, 6.07) is 17.1. The van der Waals surface area contributed by atoms with E-state index < -0.39 is 12.2 Å². The van der Waals surface area contributed by atoms with Crippen LogP contribution in [-0.4, -0.2) is 46.8 Å². The van der Waals surface area contributed by atoms with E-state index in [9.17, 15) is 5.11 Å². The molecule has 7 nitrogen and oxygen atoms in total. The van der Waals surface area contributed by atoms with E-state index in [-0.39, 0.29) is 0 Å². The van der Waals surface area contributed by atoms with Crippen LogP contribution < -0.4 is 28.4 Å². The molecule has 0 fully saturated rings. The molecule has 0 saturated carbocycles. The van der Waals surface area contributed by atoms with Gasteiger partial charge in [-0.2, -0.15) is 0 Å². The monoisotopic (exact) mass is 454 g/mol. The summed E-state index contributed by atoms with van der Waals surface area (Å²) < 4.78 is 33.5. The summed E-state index contributed by atoms with van der Waals surface area (Å²) in [6.45, 7) is 1.76. The van der Waals surface area contributed by atoms with Crippen LogP contribution in [0.5, 0.6) is 34.5 Å². The summed E-state index contributed by atoms with van der Waals surface area (Å²) in [6.07, 6.45) is -1.65. The molecule has 0 saturated heterocycles. The Balaban J connectivity index is 1.94. The molecule has 0 spiro atoms. The quantitative estimate of drug-likeness (QED) is 0.467. The van der Waals surface area contributed by atoms with Crippen molar-refractivity contribution in [1.29, 1.82) is 0 Å². The molecule has 3 aromatic rings. The zero-order valence-corrected chi connectivity index (χ0v) is 19.7. The van der Waals surface area contributed by atoms with E-state index in [1.807, 2.05) is 42.5 Å². The van der Waals surface area contributed by atoms with Crippen molar-refractivity contribution in [3.63, 3.8) is 0 Å². The molecule has 1 N–H and O–H groups in total. The van der Waals surface area contributed by atoms with Crippen LogP contribution in [0, 0.1) is 0 Å². The predicted molar refractivity (Wildman–Crippen MR) is 126 cm³/mol. The third kappa shape index (κ3) is 5.09. The number of aliphatic hydroxyl groups excluding tert-OH is 1. The normalized spacial score (nSPS) is 12.5. The van der Waals surface area contributed by atoms with E-state index in [1.165, 1.54) is 21.3 Å². The van der Waals surface area contributed by atoms with Crippen LogP contribution in [0.1, 0.15) is 18.6 Å². The van der Waals surface area contributed by atoms with Gasteiger partial charge in [0.2, 0.25) is 11.5 Å². The maximum Gasteiger partial charge on any atom is 0.203 e. The van der Waals surface area contributed by atoms with E-state index >= 15 is 0 Å². The molecule has 7 heteroatoms. The van der Waals surface area contributed by atoms with Crippen molar-refractivity contribution in [2.24, 2.45) is 0 Å². The zero-order chi connectivity index (χ0) is 24.0. The van der Waals surface area contributed by atoms with Crippen molar-refractivity contribution in [3.05, 3.63) is 60.2 Å². The van der Waals surface area contributed by atoms with Gasteiger partial charge in [0.05, 0.1) is 35.5 Å². The largest absolute Gasteiger partial charge is 0.493 e. The van der Waals surface area contributed by atoms with Crippen LogP contribution in [0.25, 0.3) is 11.1 Å². The van der Waals surface area contributed by atoms with Gasteiger partial charge >= 0.3 is 0 Å². The molecule has 0 unspecified atom stereocenters. The molecular weight excluding hydrogens is 424 g/mol. The average Bonchev–Trinajstić information content (AvgIpc) is 2.87. The third-order valence-corrected chi connectivity index (χ3v) is 5.34. The van der Waals surface area contributed by atoms with E-state index in [2.05, 4.69) is 0 Å². The van der Waals surface area contributed by atoms with Crippen molar-refractivity contribution in [1.82, 2.24) is 0 Å². The fourth-order valence-electron chi connectivity index (χ4n) is 3.59. The SMILES string of the molecule is COc1cc([C@H](O)[C@@H](C)Oc2c(OC)cc(-c3ccccc3)cc2OC)cc(OC)c1OC. The molecule has 33 heavy (non-hydrogen) atoms. The maximum atomic E-state index is 11.1. The van der Waals surface area contributed by atoms with E-state index in [1.54, 1.807) is 33.3 Å². The van der Waals surface area contributed by atoms with Crippen molar-refractivity contribution in [2.75, 3.05) is 35.5 Å². The van der Waals surface area contributed by atoms with Gasteiger partial charge in [-0.05, 0) is 47.9 Å². The Kier molecular flexibility index (Phi) is 7.90. The number of ether oxygens (including phenoxy) is 6. The molecule has 3 rings (SSSR count). The minimum Gasteiger partial charge on any atom is -0.493 e. The van der Waals surface area contributed by atoms with Crippen LogP contribution in [0.2, 0.25) is 0 Å². The highest BCUT2D eigenvalue weighted by Crippen LogP contribution is 2.44. The van der Waals surface area contributed by atoms with Gasteiger partial charge in [-0.15, -0.1) is 0 Å². The van der Waals surface area contributed by atoms with Gasteiger partial charge < -0.3 is 33.5 Å². The second-order valence-electron chi connectivity index (χ2n) is 7.30. The molecule has 0 aliphatic carbocycles. The lowest BCUT2D eigenvalue weighted by molar-refractivity contribution is 0.0431. The second kappa shape index (κ2) is 10.8. The fourth-order valence-corrected chi connectivity index (χ4v) is 3.59. The molecule has 3 aromatic carbocycles. The number of aliphatic hydroxyl groups is 1. The molecule has 0 aromatic heterocycles. The fraction of sp³-hybridized carbons (Fsp3) is 0.308. The van der Waals surface area contributed by atoms with Gasteiger partial charge in [0.15, 0.2) is 23.0 Å². The number of hydrogen-bond acceptors (Lipinski definition) is 7. The average molecular weight is 455 g/mol. The van der Waals surface area contributed by atoms with Gasteiger partial charge in [-0.25, -0.2) is 0 Å². The minimum absolute atomic E-state index is 0.402. The molecule has 0 aliphatic heterocycles. The first kappa shape index (κ1) is 24.1. The summed E-state index contributed by atoms with van der Waals surface area (Å²) in [7, 11) is 7.71. The zero-order valence-electron chi connectivity index (χ0n) is 19.7. The highest BCUT2D eigenvalue weighted by atomic mass is 16.6. The van der Waals surface area contributed by atoms with Crippen LogP contribution >= 0.6 is 0 Å². The first-order valence-corrected chi connectivity index (χ1v) is 10.4. The lowest BCUT2D eigenvalue weighted by Gasteiger charge is -2.25. The van der Waals surface area contributed by atoms with Gasteiger partial charge in [0.25, 0.3) is 0 Å². The molecule has 0 radical (unpaired) electrons. The third-order valence-electron chi connectivity index (χ3n) is 5.34. The number of methoxy groups -OCH3 is 5.